The summed E-state index contributed by atoms with van der Waals surface area (Å²) in [6, 6.07) is 17.3. The molecule has 4 heteroatoms. The molecular formula is C47H78Si2Ti2. The minimum absolute atomic E-state index is 0.272. The van der Waals surface area contributed by atoms with Crippen LogP contribution in [-0.4, -0.2) is 16.1 Å². The molecule has 0 saturated carbocycles. The first-order valence-electron chi connectivity index (χ1n) is 20.1. The number of allylic oxidation sites excluding steroid dienone is 8. The predicted molar refractivity (Wildman–Crippen MR) is 234 cm³/mol. The van der Waals surface area contributed by atoms with Gasteiger partial charge in [-0.2, -0.15) is 0 Å². The Hall–Kier alpha value is -0.738. The van der Waals surface area contributed by atoms with Crippen LogP contribution in [-0.2, 0) is 33.2 Å². The Labute approximate surface area is 326 Å². The second-order valence-corrected chi connectivity index (χ2v) is 45.1. The Morgan fingerprint density at radius 3 is 1.04 bits per heavy atom. The van der Waals surface area contributed by atoms with Crippen molar-refractivity contribution in [2.24, 2.45) is 0 Å². The normalized spacial score (nSPS) is 23.9. The van der Waals surface area contributed by atoms with Crippen LogP contribution in [0.2, 0.25) is 66.6 Å². The van der Waals surface area contributed by atoms with E-state index in [1.807, 2.05) is 7.76 Å². The third-order valence-electron chi connectivity index (χ3n) is 14.4. The molecule has 4 unspecified atom stereocenters. The Kier molecular flexibility index (Phi) is 13.5. The van der Waals surface area contributed by atoms with Crippen LogP contribution in [0.15, 0.2) is 77.6 Å². The fourth-order valence-electron chi connectivity index (χ4n) is 11.4. The molecule has 0 fully saturated rings. The monoisotopic (exact) mass is 794 g/mol. The topological polar surface area (TPSA) is 0 Å². The molecule has 0 amide bonds. The first-order valence-corrected chi connectivity index (χ1v) is 36.4. The van der Waals surface area contributed by atoms with Gasteiger partial charge in [0.15, 0.2) is 0 Å². The molecule has 0 radical (unpaired) electrons. The SMILES string of the molecule is CCC[Si](C)(c1cc(C)cc(C)c1)C1(C)C(C)=C(C)C(C)=[C]1[Ti]([CH3])([CH3])[CH3].CC[Si](C)(c1cc(C)cc(C)c1)C1(C)C(C)=C(C)C(C)=[C]1[Ti]([CH3])([CH3])[CH3]. The van der Waals surface area contributed by atoms with E-state index >= 15 is 0 Å². The summed E-state index contributed by atoms with van der Waals surface area (Å²) in [6.07, 6.45) is 1.28. The van der Waals surface area contributed by atoms with Crippen molar-refractivity contribution in [3.05, 3.63) is 99.8 Å². The summed E-state index contributed by atoms with van der Waals surface area (Å²) < 4.78 is 3.76. The molecule has 0 heterocycles. The van der Waals surface area contributed by atoms with E-state index in [9.17, 15) is 0 Å². The van der Waals surface area contributed by atoms with Crippen molar-refractivity contribution in [3.8, 4) is 0 Å². The molecule has 51 heavy (non-hydrogen) atoms. The molecule has 0 aliphatic heterocycles. The van der Waals surface area contributed by atoms with Gasteiger partial charge in [0, 0.05) is 0 Å². The number of hydrogen-bond acceptors (Lipinski definition) is 0. The zero-order chi connectivity index (χ0) is 39.4. The number of aryl methyl sites for hydroxylation is 4. The van der Waals surface area contributed by atoms with Gasteiger partial charge in [-0.3, -0.25) is 0 Å². The quantitative estimate of drug-likeness (QED) is 0.222. The second-order valence-electron chi connectivity index (χ2n) is 19.8. The number of hydrogen-bond donors (Lipinski definition) is 0. The molecule has 282 valence electrons. The maximum atomic E-state index is 2.69. The van der Waals surface area contributed by atoms with Crippen molar-refractivity contribution in [1.29, 1.82) is 0 Å². The molecular weight excluding hydrogens is 716 g/mol. The van der Waals surface area contributed by atoms with Crippen LogP contribution >= 0.6 is 0 Å². The number of benzene rings is 2. The molecule has 0 nitrogen and oxygen atoms in total. The van der Waals surface area contributed by atoms with E-state index in [1.54, 1.807) is 43.8 Å². The van der Waals surface area contributed by atoms with Crippen molar-refractivity contribution < 1.29 is 33.2 Å². The summed E-state index contributed by atoms with van der Waals surface area (Å²) in [5.74, 6) is 0. The van der Waals surface area contributed by atoms with E-state index in [4.69, 9.17) is 0 Å². The summed E-state index contributed by atoms with van der Waals surface area (Å²) in [6.45, 7) is 38.9. The first kappa shape index (κ1) is 44.7. The van der Waals surface area contributed by atoms with Gasteiger partial charge >= 0.3 is 330 Å². The molecule has 0 aromatic heterocycles. The van der Waals surface area contributed by atoms with E-state index in [0.717, 1.165) is 0 Å². The Morgan fingerprint density at radius 2 is 0.765 bits per heavy atom. The van der Waals surface area contributed by atoms with Crippen LogP contribution in [0.1, 0.15) is 97.9 Å². The standard InChI is InChI=1S/C21H31Si.C20H29Si.6CH3.2Ti/c1-9-10-22(8,20-12-15(2)11-16(3)13-20)21(7)14-17(4)18(5)19(21)6;1-9-21(8,19-11-14(2)10-15(3)12-19)20(7)13-16(4)17(5)18(20)6;;;;;;;;/h11-13H,9-10H2,1-8H3;10-12H,9H2,1-8H3;6*1H3;;. The van der Waals surface area contributed by atoms with Gasteiger partial charge < -0.3 is 0 Å². The Balaban J connectivity index is 0.000000276. The molecule has 2 aromatic rings. The van der Waals surface area contributed by atoms with Crippen LogP contribution in [0, 0.1) is 27.7 Å². The molecule has 0 spiro atoms. The zero-order valence-electron chi connectivity index (χ0n) is 37.6. The van der Waals surface area contributed by atoms with Crippen LogP contribution in [0.5, 0.6) is 0 Å². The van der Waals surface area contributed by atoms with E-state index in [1.165, 1.54) is 40.8 Å². The molecule has 4 rings (SSSR count). The van der Waals surface area contributed by atoms with Crippen molar-refractivity contribution >= 4 is 26.5 Å². The molecule has 0 N–H and O–H groups in total. The minimum atomic E-state index is -2.00. The van der Waals surface area contributed by atoms with E-state index in [0.29, 0.717) is 0 Å². The van der Waals surface area contributed by atoms with Gasteiger partial charge in [-0.15, -0.1) is 0 Å². The molecule has 2 aliphatic carbocycles. The van der Waals surface area contributed by atoms with Crippen molar-refractivity contribution in [2.45, 2.75) is 170 Å². The van der Waals surface area contributed by atoms with Gasteiger partial charge in [0.1, 0.15) is 0 Å². The average molecular weight is 795 g/mol. The second kappa shape index (κ2) is 15.4. The third-order valence-corrected chi connectivity index (χ3v) is 34.3. The third kappa shape index (κ3) is 7.61. The predicted octanol–water partition coefficient (Wildman–Crippen LogP) is 15.0. The van der Waals surface area contributed by atoms with Crippen molar-refractivity contribution in [3.63, 3.8) is 0 Å². The summed E-state index contributed by atoms with van der Waals surface area (Å²) in [4.78, 5) is 0. The van der Waals surface area contributed by atoms with E-state index in [-0.39, 0.29) is 10.1 Å². The fourth-order valence-corrected chi connectivity index (χ4v) is 36.2. The summed E-state index contributed by atoms with van der Waals surface area (Å²) in [5.41, 5.74) is 15.5. The summed E-state index contributed by atoms with van der Waals surface area (Å²) in [5, 5.41) is 19.5. The van der Waals surface area contributed by atoms with Gasteiger partial charge in [0.2, 0.25) is 0 Å². The van der Waals surface area contributed by atoms with Crippen LogP contribution in [0.3, 0.4) is 0 Å². The summed E-state index contributed by atoms with van der Waals surface area (Å²) >= 11 is -3.99. The summed E-state index contributed by atoms with van der Waals surface area (Å²) in [7, 11) is -3.51. The molecule has 4 atom stereocenters. The van der Waals surface area contributed by atoms with Gasteiger partial charge in [0.05, 0.1) is 0 Å². The van der Waals surface area contributed by atoms with Crippen LogP contribution in [0.25, 0.3) is 0 Å². The van der Waals surface area contributed by atoms with Gasteiger partial charge in [-0.25, -0.2) is 0 Å². The van der Waals surface area contributed by atoms with E-state index in [2.05, 4.69) is 178 Å². The Morgan fingerprint density at radius 1 is 0.471 bits per heavy atom. The average Bonchev–Trinajstić information content (AvgIpc) is 3.30. The molecule has 2 aromatic carbocycles. The van der Waals surface area contributed by atoms with Crippen LogP contribution in [0.4, 0.5) is 0 Å². The van der Waals surface area contributed by atoms with Gasteiger partial charge in [0.25, 0.3) is 0 Å². The van der Waals surface area contributed by atoms with Crippen LogP contribution < -0.4 is 10.4 Å². The van der Waals surface area contributed by atoms with Crippen molar-refractivity contribution in [1.82, 2.24) is 0 Å². The fraction of sp³-hybridized carbons (Fsp3) is 0.574. The van der Waals surface area contributed by atoms with Crippen molar-refractivity contribution in [2.75, 3.05) is 0 Å². The molecule has 0 bridgehead atoms. The maximum absolute atomic E-state index is 2.69. The Bertz CT molecular complexity index is 1770. The first-order chi connectivity index (χ1) is 23.1. The zero-order valence-corrected chi connectivity index (χ0v) is 42.7. The molecule has 0 saturated heterocycles. The van der Waals surface area contributed by atoms with E-state index < -0.39 is 49.3 Å². The van der Waals surface area contributed by atoms with Gasteiger partial charge in [-0.05, 0) is 0 Å². The van der Waals surface area contributed by atoms with Gasteiger partial charge in [-0.1, -0.05) is 0 Å². The molecule has 2 aliphatic rings. The number of rotatable bonds is 9.